The normalized spacial score (nSPS) is 12.3. The quantitative estimate of drug-likeness (QED) is 0.476. The highest BCUT2D eigenvalue weighted by atomic mass is 16.1. The number of carbonyl (C=O) groups excluding carboxylic acids is 1. The first-order valence-electron chi connectivity index (χ1n) is 6.36. The van der Waals surface area contributed by atoms with Crippen molar-refractivity contribution in [3.8, 4) is 0 Å². The highest BCUT2D eigenvalue weighted by Gasteiger charge is 2.07. The van der Waals surface area contributed by atoms with Crippen LogP contribution in [0.15, 0.2) is 30.3 Å². The van der Waals surface area contributed by atoms with E-state index >= 15 is 0 Å². The molecular formula is C15H22O. The minimum atomic E-state index is 0.208. The van der Waals surface area contributed by atoms with Crippen LogP contribution >= 0.6 is 0 Å². The van der Waals surface area contributed by atoms with Crippen LogP contribution in [0.3, 0.4) is 0 Å². The first-order chi connectivity index (χ1) is 7.86. The summed E-state index contributed by atoms with van der Waals surface area (Å²) < 4.78 is 0. The van der Waals surface area contributed by atoms with Gasteiger partial charge in [0.2, 0.25) is 0 Å². The van der Waals surface area contributed by atoms with Crippen LogP contribution in [0, 0.1) is 5.92 Å². The topological polar surface area (TPSA) is 17.1 Å². The van der Waals surface area contributed by atoms with Crippen molar-refractivity contribution in [1.29, 1.82) is 0 Å². The molecule has 16 heavy (non-hydrogen) atoms. The molecule has 1 atom stereocenters. The van der Waals surface area contributed by atoms with Gasteiger partial charge in [0.1, 0.15) is 6.29 Å². The van der Waals surface area contributed by atoms with Crippen molar-refractivity contribution in [2.24, 2.45) is 5.92 Å². The monoisotopic (exact) mass is 218 g/mol. The molecule has 0 aliphatic heterocycles. The van der Waals surface area contributed by atoms with Gasteiger partial charge in [0.05, 0.1) is 0 Å². The zero-order chi connectivity index (χ0) is 11.6. The third-order valence-electron chi connectivity index (χ3n) is 2.96. The summed E-state index contributed by atoms with van der Waals surface area (Å²) in [5, 5.41) is 0. The van der Waals surface area contributed by atoms with Crippen molar-refractivity contribution in [3.63, 3.8) is 0 Å². The van der Waals surface area contributed by atoms with E-state index in [-0.39, 0.29) is 5.92 Å². The van der Waals surface area contributed by atoms with E-state index in [9.17, 15) is 4.79 Å². The molecule has 0 N–H and O–H groups in total. The molecule has 0 bridgehead atoms. The van der Waals surface area contributed by atoms with Crippen molar-refractivity contribution in [2.75, 3.05) is 0 Å². The van der Waals surface area contributed by atoms with Crippen LogP contribution in [0.2, 0.25) is 0 Å². The van der Waals surface area contributed by atoms with Gasteiger partial charge in [-0.3, -0.25) is 0 Å². The largest absolute Gasteiger partial charge is 0.303 e. The second-order valence-corrected chi connectivity index (χ2v) is 4.44. The van der Waals surface area contributed by atoms with E-state index in [1.165, 1.54) is 31.2 Å². The van der Waals surface area contributed by atoms with Crippen LogP contribution < -0.4 is 0 Å². The first-order valence-corrected chi connectivity index (χ1v) is 6.36. The fourth-order valence-electron chi connectivity index (χ4n) is 1.97. The molecule has 0 spiro atoms. The Morgan fingerprint density at radius 1 is 1.12 bits per heavy atom. The summed E-state index contributed by atoms with van der Waals surface area (Å²) in [5.74, 6) is 0.208. The summed E-state index contributed by atoms with van der Waals surface area (Å²) in [6, 6.07) is 10.3. The Morgan fingerprint density at radius 2 is 1.88 bits per heavy atom. The van der Waals surface area contributed by atoms with Crippen LogP contribution in [0.4, 0.5) is 0 Å². The van der Waals surface area contributed by atoms with Crippen molar-refractivity contribution in [3.05, 3.63) is 35.9 Å². The van der Waals surface area contributed by atoms with Gasteiger partial charge in [-0.15, -0.1) is 0 Å². The molecule has 0 saturated heterocycles. The lowest BCUT2D eigenvalue weighted by Gasteiger charge is -2.09. The third kappa shape index (κ3) is 5.11. The number of aldehydes is 1. The molecule has 88 valence electrons. The van der Waals surface area contributed by atoms with Crippen LogP contribution in [-0.2, 0) is 11.2 Å². The first kappa shape index (κ1) is 13.0. The van der Waals surface area contributed by atoms with Gasteiger partial charge < -0.3 is 4.79 Å². The van der Waals surface area contributed by atoms with Gasteiger partial charge in [0.25, 0.3) is 0 Å². The van der Waals surface area contributed by atoms with Gasteiger partial charge in [0, 0.05) is 5.92 Å². The fraction of sp³-hybridized carbons (Fsp3) is 0.533. The van der Waals surface area contributed by atoms with Crippen LogP contribution in [0.1, 0.15) is 44.6 Å². The summed E-state index contributed by atoms with van der Waals surface area (Å²) in [4.78, 5) is 11.0. The minimum Gasteiger partial charge on any atom is -0.303 e. The molecule has 0 unspecified atom stereocenters. The Balaban J connectivity index is 2.29. The van der Waals surface area contributed by atoms with Gasteiger partial charge in [-0.05, 0) is 18.4 Å². The van der Waals surface area contributed by atoms with Gasteiger partial charge >= 0.3 is 0 Å². The van der Waals surface area contributed by atoms with Crippen molar-refractivity contribution < 1.29 is 4.79 Å². The predicted molar refractivity (Wildman–Crippen MR) is 68.5 cm³/mol. The van der Waals surface area contributed by atoms with E-state index in [0.717, 1.165) is 19.1 Å². The average Bonchev–Trinajstić information content (AvgIpc) is 2.34. The van der Waals surface area contributed by atoms with E-state index in [1.807, 2.05) is 18.2 Å². The third-order valence-corrected chi connectivity index (χ3v) is 2.96. The Bertz CT molecular complexity index is 279. The Labute approximate surface area is 98.9 Å². The molecule has 1 aromatic rings. The molecule has 0 amide bonds. The average molecular weight is 218 g/mol. The lowest BCUT2D eigenvalue weighted by molar-refractivity contribution is -0.111. The molecule has 1 heteroatoms. The summed E-state index contributed by atoms with van der Waals surface area (Å²) in [5.41, 5.74) is 1.27. The maximum Gasteiger partial charge on any atom is 0.123 e. The van der Waals surface area contributed by atoms with Crippen LogP contribution in [0.5, 0.6) is 0 Å². The van der Waals surface area contributed by atoms with Gasteiger partial charge in [-0.2, -0.15) is 0 Å². The summed E-state index contributed by atoms with van der Waals surface area (Å²) in [6.07, 6.45) is 8.05. The molecular weight excluding hydrogens is 196 g/mol. The molecule has 1 nitrogen and oxygen atoms in total. The maximum atomic E-state index is 11.0. The molecule has 0 aromatic heterocycles. The van der Waals surface area contributed by atoms with E-state index in [2.05, 4.69) is 19.1 Å². The molecule has 0 saturated carbocycles. The van der Waals surface area contributed by atoms with E-state index in [0.29, 0.717) is 0 Å². The molecule has 0 radical (unpaired) electrons. The zero-order valence-corrected chi connectivity index (χ0v) is 10.2. The standard InChI is InChI=1S/C15H22O/c1-2-3-4-6-11-15(13-16)12-14-9-7-5-8-10-14/h5,7-10,13,15H,2-4,6,11-12H2,1H3/t15-/m1/s1. The highest BCUT2D eigenvalue weighted by molar-refractivity contribution is 5.54. The predicted octanol–water partition coefficient (Wildman–Crippen LogP) is 4.01. The highest BCUT2D eigenvalue weighted by Crippen LogP contribution is 2.14. The van der Waals surface area contributed by atoms with Gasteiger partial charge in [0.15, 0.2) is 0 Å². The Kier molecular flexibility index (Phi) is 6.55. The second-order valence-electron chi connectivity index (χ2n) is 4.44. The summed E-state index contributed by atoms with van der Waals surface area (Å²) >= 11 is 0. The van der Waals surface area contributed by atoms with Crippen LogP contribution in [-0.4, -0.2) is 6.29 Å². The van der Waals surface area contributed by atoms with E-state index in [4.69, 9.17) is 0 Å². The second kappa shape index (κ2) is 8.09. The Morgan fingerprint density at radius 3 is 2.50 bits per heavy atom. The molecule has 0 aliphatic rings. The SMILES string of the molecule is CCCCCC[C@@H](C=O)Cc1ccccc1. The molecule has 0 heterocycles. The Hall–Kier alpha value is -1.11. The summed E-state index contributed by atoms with van der Waals surface area (Å²) in [6.45, 7) is 2.21. The zero-order valence-electron chi connectivity index (χ0n) is 10.2. The fourth-order valence-corrected chi connectivity index (χ4v) is 1.97. The molecule has 1 rings (SSSR count). The number of carbonyl (C=O) groups is 1. The van der Waals surface area contributed by atoms with Crippen molar-refractivity contribution >= 4 is 6.29 Å². The number of rotatable bonds is 8. The van der Waals surface area contributed by atoms with Crippen LogP contribution in [0.25, 0.3) is 0 Å². The van der Waals surface area contributed by atoms with Gasteiger partial charge in [-0.25, -0.2) is 0 Å². The molecule has 0 aliphatic carbocycles. The summed E-state index contributed by atoms with van der Waals surface area (Å²) in [7, 11) is 0. The molecule has 0 fully saturated rings. The number of unbranched alkanes of at least 4 members (excludes halogenated alkanes) is 3. The van der Waals surface area contributed by atoms with Crippen molar-refractivity contribution in [1.82, 2.24) is 0 Å². The molecule has 1 aromatic carbocycles. The van der Waals surface area contributed by atoms with E-state index in [1.54, 1.807) is 0 Å². The minimum absolute atomic E-state index is 0.208. The number of hydrogen-bond donors (Lipinski definition) is 0. The number of hydrogen-bond acceptors (Lipinski definition) is 1. The smallest absolute Gasteiger partial charge is 0.123 e. The lowest BCUT2D eigenvalue weighted by Crippen LogP contribution is -2.06. The number of benzene rings is 1. The van der Waals surface area contributed by atoms with Gasteiger partial charge in [-0.1, -0.05) is 62.9 Å². The van der Waals surface area contributed by atoms with Crippen molar-refractivity contribution in [2.45, 2.75) is 45.4 Å². The lowest BCUT2D eigenvalue weighted by atomic mass is 9.95. The maximum absolute atomic E-state index is 11.0. The van der Waals surface area contributed by atoms with E-state index < -0.39 is 0 Å².